The van der Waals surface area contributed by atoms with E-state index in [4.69, 9.17) is 4.74 Å². The van der Waals surface area contributed by atoms with Crippen LogP contribution in [0.4, 0.5) is 0 Å². The summed E-state index contributed by atoms with van der Waals surface area (Å²) >= 11 is 0. The van der Waals surface area contributed by atoms with Crippen LogP contribution in [0.5, 0.6) is 5.75 Å². The largest absolute Gasteiger partial charge is 0.492 e. The average molecular weight is 347 g/mol. The summed E-state index contributed by atoms with van der Waals surface area (Å²) in [5.41, 5.74) is 3.17. The van der Waals surface area contributed by atoms with E-state index in [2.05, 4.69) is 11.2 Å². The summed E-state index contributed by atoms with van der Waals surface area (Å²) in [4.78, 5) is 14.6. The third-order valence-electron chi connectivity index (χ3n) is 4.70. The van der Waals surface area contributed by atoms with Crippen molar-refractivity contribution < 1.29 is 9.53 Å². The highest BCUT2D eigenvalue weighted by Crippen LogP contribution is 2.27. The maximum atomic E-state index is 12.9. The lowest BCUT2D eigenvalue weighted by Crippen LogP contribution is -2.38. The van der Waals surface area contributed by atoms with Crippen molar-refractivity contribution >= 4 is 5.91 Å². The number of nitrogens with zero attached hydrogens (tertiary/aromatic N) is 3. The number of hydrogen-bond donors (Lipinski definition) is 0. The molecule has 1 aliphatic rings. The van der Waals surface area contributed by atoms with E-state index >= 15 is 0 Å². The lowest BCUT2D eigenvalue weighted by Gasteiger charge is -2.28. The third-order valence-corrected chi connectivity index (χ3v) is 4.70. The fourth-order valence-corrected chi connectivity index (χ4v) is 3.37. The molecule has 2 aromatic carbocycles. The van der Waals surface area contributed by atoms with Crippen molar-refractivity contribution in [1.29, 1.82) is 0 Å². The van der Waals surface area contributed by atoms with Gasteiger partial charge in [-0.05, 0) is 41.8 Å². The van der Waals surface area contributed by atoms with E-state index in [9.17, 15) is 4.79 Å². The number of ether oxygens (including phenoxy) is 1. The Labute approximate surface area is 152 Å². The van der Waals surface area contributed by atoms with E-state index < -0.39 is 0 Å². The number of hydrogen-bond acceptors (Lipinski definition) is 3. The summed E-state index contributed by atoms with van der Waals surface area (Å²) in [6.45, 7) is 1.000. The van der Waals surface area contributed by atoms with Gasteiger partial charge >= 0.3 is 0 Å². The monoisotopic (exact) mass is 347 g/mol. The van der Waals surface area contributed by atoms with Gasteiger partial charge in [0.05, 0.1) is 11.6 Å². The maximum absolute atomic E-state index is 12.9. The molecule has 0 saturated heterocycles. The molecule has 1 atom stereocenters. The van der Waals surface area contributed by atoms with Gasteiger partial charge in [-0.3, -0.25) is 4.79 Å². The summed E-state index contributed by atoms with van der Waals surface area (Å²) in [6, 6.07) is 17.9. The predicted octanol–water partition coefficient (Wildman–Crippen LogP) is 3.08. The first-order chi connectivity index (χ1) is 12.7. The highest BCUT2D eigenvalue weighted by atomic mass is 16.5. The molecule has 0 bridgehead atoms. The van der Waals surface area contributed by atoms with Crippen LogP contribution in [-0.2, 0) is 17.8 Å². The van der Waals surface area contributed by atoms with Crippen LogP contribution in [0.1, 0.15) is 11.1 Å². The summed E-state index contributed by atoms with van der Waals surface area (Å²) in [5, 5.41) is 4.26. The van der Waals surface area contributed by atoms with E-state index in [0.717, 1.165) is 29.0 Å². The fourth-order valence-electron chi connectivity index (χ4n) is 3.37. The normalized spacial score (nSPS) is 15.8. The van der Waals surface area contributed by atoms with Gasteiger partial charge in [0.2, 0.25) is 5.91 Å². The minimum Gasteiger partial charge on any atom is -0.492 e. The van der Waals surface area contributed by atoms with Gasteiger partial charge in [-0.2, -0.15) is 5.10 Å². The van der Waals surface area contributed by atoms with Crippen molar-refractivity contribution in [2.24, 2.45) is 5.92 Å². The molecular formula is C21H21N3O2. The molecule has 1 aromatic heterocycles. The van der Waals surface area contributed by atoms with E-state index in [1.807, 2.05) is 66.5 Å². The summed E-state index contributed by atoms with van der Waals surface area (Å²) in [7, 11) is 1.85. The van der Waals surface area contributed by atoms with Gasteiger partial charge in [-0.1, -0.05) is 30.3 Å². The van der Waals surface area contributed by atoms with Crippen LogP contribution in [0.15, 0.2) is 67.0 Å². The van der Waals surface area contributed by atoms with Gasteiger partial charge < -0.3 is 9.64 Å². The van der Waals surface area contributed by atoms with Gasteiger partial charge in [0.25, 0.3) is 0 Å². The van der Waals surface area contributed by atoms with Crippen molar-refractivity contribution in [3.8, 4) is 11.4 Å². The zero-order valence-corrected chi connectivity index (χ0v) is 14.7. The Bertz CT molecular complexity index is 905. The molecule has 2 heterocycles. The Balaban J connectivity index is 1.44. The lowest BCUT2D eigenvalue weighted by molar-refractivity contribution is -0.136. The SMILES string of the molecule is CN(Cc1cccc(-n2cccn2)c1)C(=O)[C@H]1COc2ccccc2C1. The minimum atomic E-state index is -0.135. The summed E-state index contributed by atoms with van der Waals surface area (Å²) in [6.07, 6.45) is 4.39. The topological polar surface area (TPSA) is 47.4 Å². The molecule has 3 aromatic rings. The number of amides is 1. The molecule has 0 N–H and O–H groups in total. The standard InChI is InChI=1S/C21H21N3O2/c1-23(14-16-6-4-8-19(12-16)24-11-5-10-22-24)21(25)18-13-17-7-2-3-9-20(17)26-15-18/h2-12,18H,13-15H2,1H3/t18-/m1/s1. The molecule has 1 aliphatic heterocycles. The Morgan fingerprint density at radius 3 is 2.96 bits per heavy atom. The first kappa shape index (κ1) is 16.4. The smallest absolute Gasteiger partial charge is 0.229 e. The molecule has 132 valence electrons. The van der Waals surface area contributed by atoms with E-state index in [1.165, 1.54) is 0 Å². The minimum absolute atomic E-state index is 0.115. The molecule has 5 nitrogen and oxygen atoms in total. The number of aromatic nitrogens is 2. The van der Waals surface area contributed by atoms with E-state index in [0.29, 0.717) is 13.2 Å². The highest BCUT2D eigenvalue weighted by Gasteiger charge is 2.28. The second-order valence-electron chi connectivity index (χ2n) is 6.63. The van der Waals surface area contributed by atoms with E-state index in [1.54, 1.807) is 11.1 Å². The quantitative estimate of drug-likeness (QED) is 0.729. The molecule has 0 spiro atoms. The van der Waals surface area contributed by atoms with Gasteiger partial charge in [0, 0.05) is 26.0 Å². The molecule has 0 aliphatic carbocycles. The Hall–Kier alpha value is -3.08. The molecule has 4 rings (SSSR count). The zero-order valence-electron chi connectivity index (χ0n) is 14.7. The van der Waals surface area contributed by atoms with Crippen molar-refractivity contribution in [3.05, 3.63) is 78.1 Å². The number of rotatable bonds is 4. The van der Waals surface area contributed by atoms with Gasteiger partial charge in [0.1, 0.15) is 12.4 Å². The average Bonchev–Trinajstić information content (AvgIpc) is 3.22. The van der Waals surface area contributed by atoms with Crippen molar-refractivity contribution in [1.82, 2.24) is 14.7 Å². The number of carbonyl (C=O) groups excluding carboxylic acids is 1. The third kappa shape index (κ3) is 3.33. The molecule has 0 unspecified atom stereocenters. The van der Waals surface area contributed by atoms with Crippen LogP contribution in [0.2, 0.25) is 0 Å². The van der Waals surface area contributed by atoms with Crippen LogP contribution in [0.25, 0.3) is 5.69 Å². The molecule has 0 saturated carbocycles. The van der Waals surface area contributed by atoms with Crippen molar-refractivity contribution in [2.45, 2.75) is 13.0 Å². The molecular weight excluding hydrogens is 326 g/mol. The second-order valence-corrected chi connectivity index (χ2v) is 6.63. The van der Waals surface area contributed by atoms with Gasteiger partial charge in [0.15, 0.2) is 0 Å². The summed E-state index contributed by atoms with van der Waals surface area (Å²) in [5.74, 6) is 0.874. The predicted molar refractivity (Wildman–Crippen MR) is 99.2 cm³/mol. The van der Waals surface area contributed by atoms with Crippen LogP contribution >= 0.6 is 0 Å². The Morgan fingerprint density at radius 2 is 2.12 bits per heavy atom. The van der Waals surface area contributed by atoms with Crippen molar-refractivity contribution in [3.63, 3.8) is 0 Å². The maximum Gasteiger partial charge on any atom is 0.229 e. The summed E-state index contributed by atoms with van der Waals surface area (Å²) < 4.78 is 7.58. The fraction of sp³-hybridized carbons (Fsp3) is 0.238. The molecule has 0 radical (unpaired) electrons. The van der Waals surface area contributed by atoms with Crippen molar-refractivity contribution in [2.75, 3.05) is 13.7 Å². The molecule has 1 amide bonds. The molecule has 0 fully saturated rings. The lowest BCUT2D eigenvalue weighted by atomic mass is 9.95. The van der Waals surface area contributed by atoms with Crippen LogP contribution in [-0.4, -0.2) is 34.2 Å². The molecule has 26 heavy (non-hydrogen) atoms. The number of para-hydroxylation sites is 1. The Kier molecular flexibility index (Phi) is 4.44. The first-order valence-corrected chi connectivity index (χ1v) is 8.75. The Morgan fingerprint density at radius 1 is 1.23 bits per heavy atom. The second kappa shape index (κ2) is 7.04. The number of benzene rings is 2. The van der Waals surface area contributed by atoms with Crippen LogP contribution in [0.3, 0.4) is 0 Å². The zero-order chi connectivity index (χ0) is 17.9. The number of fused-ring (bicyclic) bond motifs is 1. The van der Waals surface area contributed by atoms with E-state index in [-0.39, 0.29) is 11.8 Å². The van der Waals surface area contributed by atoms with Crippen LogP contribution in [0, 0.1) is 5.92 Å². The highest BCUT2D eigenvalue weighted by molar-refractivity contribution is 5.79. The van der Waals surface area contributed by atoms with Gasteiger partial charge in [-0.15, -0.1) is 0 Å². The van der Waals surface area contributed by atoms with Gasteiger partial charge in [-0.25, -0.2) is 4.68 Å². The molecule has 5 heteroatoms. The van der Waals surface area contributed by atoms with Crippen LogP contribution < -0.4 is 4.74 Å². The first-order valence-electron chi connectivity index (χ1n) is 8.75. The number of carbonyl (C=O) groups is 1.